The van der Waals surface area contributed by atoms with Crippen LogP contribution in [0.1, 0.15) is 28.4 Å². The highest BCUT2D eigenvalue weighted by Gasteiger charge is 2.16. The monoisotopic (exact) mass is 375 g/mol. The summed E-state index contributed by atoms with van der Waals surface area (Å²) in [7, 11) is -3.71. The number of hydrogen-bond donors (Lipinski definition) is 3. The van der Waals surface area contributed by atoms with Gasteiger partial charge in [-0.1, -0.05) is 19.1 Å². The predicted molar refractivity (Wildman–Crippen MR) is 104 cm³/mol. The summed E-state index contributed by atoms with van der Waals surface area (Å²) in [6, 6.07) is 11.4. The molecule has 0 saturated heterocycles. The van der Waals surface area contributed by atoms with E-state index in [1.54, 1.807) is 12.1 Å². The minimum atomic E-state index is -3.71. The maximum Gasteiger partial charge on any atom is 0.261 e. The fraction of sp³-hybridized carbons (Fsp3) is 0.316. The Morgan fingerprint density at radius 2 is 1.69 bits per heavy atom. The van der Waals surface area contributed by atoms with Crippen molar-refractivity contribution in [2.24, 2.45) is 0 Å². The number of rotatable bonds is 8. The number of anilines is 1. The van der Waals surface area contributed by atoms with Gasteiger partial charge in [-0.25, -0.2) is 8.42 Å². The van der Waals surface area contributed by atoms with Gasteiger partial charge in [0.05, 0.1) is 10.6 Å². The van der Waals surface area contributed by atoms with Gasteiger partial charge < -0.3 is 10.6 Å². The molecule has 6 nitrogen and oxygen atoms in total. The minimum Gasteiger partial charge on any atom is -0.351 e. The third kappa shape index (κ3) is 5.06. The summed E-state index contributed by atoms with van der Waals surface area (Å²) < 4.78 is 27.7. The van der Waals surface area contributed by atoms with E-state index in [0.717, 1.165) is 17.7 Å². The van der Waals surface area contributed by atoms with Crippen LogP contribution in [0, 0.1) is 13.8 Å². The first-order chi connectivity index (χ1) is 12.3. The Bertz CT molecular complexity index is 862. The molecule has 0 fully saturated rings. The largest absolute Gasteiger partial charge is 0.351 e. The zero-order valence-corrected chi connectivity index (χ0v) is 16.1. The van der Waals surface area contributed by atoms with Crippen molar-refractivity contribution in [1.82, 2.24) is 10.6 Å². The highest BCUT2D eigenvalue weighted by Crippen LogP contribution is 2.22. The van der Waals surface area contributed by atoms with Crippen LogP contribution in [0.15, 0.2) is 47.4 Å². The van der Waals surface area contributed by atoms with Gasteiger partial charge in [0.25, 0.3) is 15.9 Å². The first kappa shape index (κ1) is 19.9. The molecule has 0 atom stereocenters. The molecule has 0 unspecified atom stereocenters. The number of nitrogens with one attached hydrogen (secondary N) is 3. The van der Waals surface area contributed by atoms with Gasteiger partial charge in [-0.15, -0.1) is 0 Å². The van der Waals surface area contributed by atoms with E-state index in [4.69, 9.17) is 0 Å². The number of sulfonamides is 1. The van der Waals surface area contributed by atoms with Gasteiger partial charge in [0.2, 0.25) is 0 Å². The standard InChI is InChI=1S/C19H25N3O3S/c1-4-20-12-13-21-19(23)16-8-10-17(11-9-16)26(24,25)22-18-7-5-6-14(2)15(18)3/h5-11,20,22H,4,12-13H2,1-3H3,(H,21,23). The smallest absolute Gasteiger partial charge is 0.261 e. The van der Waals surface area contributed by atoms with Gasteiger partial charge in [-0.2, -0.15) is 0 Å². The van der Waals surface area contributed by atoms with E-state index in [2.05, 4.69) is 15.4 Å². The van der Waals surface area contributed by atoms with Gasteiger partial charge >= 0.3 is 0 Å². The van der Waals surface area contributed by atoms with Gasteiger partial charge in [0.15, 0.2) is 0 Å². The van der Waals surface area contributed by atoms with E-state index in [-0.39, 0.29) is 10.8 Å². The molecule has 0 heterocycles. The first-order valence-corrected chi connectivity index (χ1v) is 10.0. The molecule has 2 aromatic carbocycles. The van der Waals surface area contributed by atoms with Crippen molar-refractivity contribution in [3.63, 3.8) is 0 Å². The van der Waals surface area contributed by atoms with Crippen molar-refractivity contribution >= 4 is 21.6 Å². The van der Waals surface area contributed by atoms with Crippen LogP contribution in [-0.4, -0.2) is 34.0 Å². The van der Waals surface area contributed by atoms with Crippen LogP contribution in [0.25, 0.3) is 0 Å². The molecule has 0 aliphatic rings. The second-order valence-electron chi connectivity index (χ2n) is 5.99. The van der Waals surface area contributed by atoms with Gasteiger partial charge in [0, 0.05) is 18.7 Å². The molecule has 0 radical (unpaired) electrons. The van der Waals surface area contributed by atoms with Crippen molar-refractivity contribution < 1.29 is 13.2 Å². The van der Waals surface area contributed by atoms with Crippen molar-refractivity contribution in [2.45, 2.75) is 25.7 Å². The molecular formula is C19H25N3O3S. The Balaban J connectivity index is 2.09. The summed E-state index contributed by atoms with van der Waals surface area (Å²) in [5.41, 5.74) is 2.87. The second kappa shape index (κ2) is 8.82. The van der Waals surface area contributed by atoms with Crippen LogP contribution in [-0.2, 0) is 10.0 Å². The van der Waals surface area contributed by atoms with Crippen LogP contribution in [0.3, 0.4) is 0 Å². The lowest BCUT2D eigenvalue weighted by molar-refractivity contribution is 0.0954. The van der Waals surface area contributed by atoms with Gasteiger partial charge in [0.1, 0.15) is 0 Å². The summed E-state index contributed by atoms with van der Waals surface area (Å²) in [4.78, 5) is 12.2. The summed E-state index contributed by atoms with van der Waals surface area (Å²) in [5.74, 6) is -0.227. The Morgan fingerprint density at radius 1 is 1.00 bits per heavy atom. The fourth-order valence-corrected chi connectivity index (χ4v) is 3.52. The molecule has 0 aromatic heterocycles. The number of carbonyl (C=O) groups is 1. The van der Waals surface area contributed by atoms with Crippen LogP contribution in [0.5, 0.6) is 0 Å². The van der Waals surface area contributed by atoms with E-state index < -0.39 is 10.0 Å². The second-order valence-corrected chi connectivity index (χ2v) is 7.67. The number of likely N-dealkylation sites (N-methyl/N-ethyl adjacent to an activating group) is 1. The molecule has 7 heteroatoms. The van der Waals surface area contributed by atoms with E-state index in [9.17, 15) is 13.2 Å². The summed E-state index contributed by atoms with van der Waals surface area (Å²) in [6.07, 6.45) is 0. The maximum atomic E-state index is 12.6. The molecule has 26 heavy (non-hydrogen) atoms. The van der Waals surface area contributed by atoms with Crippen LogP contribution in [0.4, 0.5) is 5.69 Å². The lowest BCUT2D eigenvalue weighted by Crippen LogP contribution is -2.31. The third-order valence-corrected chi connectivity index (χ3v) is 5.49. The molecule has 140 valence electrons. The number of benzene rings is 2. The van der Waals surface area contributed by atoms with Crippen molar-refractivity contribution in [1.29, 1.82) is 0 Å². The van der Waals surface area contributed by atoms with Crippen LogP contribution < -0.4 is 15.4 Å². The summed E-state index contributed by atoms with van der Waals surface area (Å²) in [6.45, 7) is 7.84. The van der Waals surface area contributed by atoms with Crippen LogP contribution >= 0.6 is 0 Å². The third-order valence-electron chi connectivity index (χ3n) is 4.11. The fourth-order valence-electron chi connectivity index (χ4n) is 2.39. The molecule has 0 aliphatic carbocycles. The Labute approximate surface area is 155 Å². The number of aryl methyl sites for hydroxylation is 1. The summed E-state index contributed by atoms with van der Waals surface area (Å²) >= 11 is 0. The topological polar surface area (TPSA) is 87.3 Å². The Morgan fingerprint density at radius 3 is 2.35 bits per heavy atom. The van der Waals surface area contributed by atoms with E-state index in [1.807, 2.05) is 26.8 Å². The minimum absolute atomic E-state index is 0.114. The quantitative estimate of drug-likeness (QED) is 0.619. The lowest BCUT2D eigenvalue weighted by atomic mass is 10.1. The predicted octanol–water partition coefficient (Wildman–Crippen LogP) is 2.44. The first-order valence-electron chi connectivity index (χ1n) is 8.53. The molecule has 0 saturated carbocycles. The molecular weight excluding hydrogens is 350 g/mol. The molecule has 0 spiro atoms. The maximum absolute atomic E-state index is 12.6. The van der Waals surface area contributed by atoms with Gasteiger partial charge in [-0.3, -0.25) is 9.52 Å². The number of amides is 1. The molecule has 3 N–H and O–H groups in total. The highest BCUT2D eigenvalue weighted by molar-refractivity contribution is 7.92. The molecule has 0 aliphatic heterocycles. The van der Waals surface area contributed by atoms with Crippen molar-refractivity contribution in [2.75, 3.05) is 24.4 Å². The lowest BCUT2D eigenvalue weighted by Gasteiger charge is -2.12. The normalized spacial score (nSPS) is 11.2. The van der Waals surface area contributed by atoms with Crippen molar-refractivity contribution in [3.8, 4) is 0 Å². The Kier molecular flexibility index (Phi) is 6.76. The molecule has 2 rings (SSSR count). The number of carbonyl (C=O) groups excluding carboxylic acids is 1. The van der Waals surface area contributed by atoms with Crippen LogP contribution in [0.2, 0.25) is 0 Å². The SMILES string of the molecule is CCNCCNC(=O)c1ccc(S(=O)(=O)Nc2cccc(C)c2C)cc1. The highest BCUT2D eigenvalue weighted by atomic mass is 32.2. The molecule has 0 bridgehead atoms. The van der Waals surface area contributed by atoms with E-state index in [1.165, 1.54) is 24.3 Å². The van der Waals surface area contributed by atoms with E-state index in [0.29, 0.717) is 24.3 Å². The average Bonchev–Trinajstić information content (AvgIpc) is 2.62. The zero-order valence-electron chi connectivity index (χ0n) is 15.3. The van der Waals surface area contributed by atoms with Crippen molar-refractivity contribution in [3.05, 3.63) is 59.2 Å². The average molecular weight is 375 g/mol. The Hall–Kier alpha value is -2.38. The zero-order chi connectivity index (χ0) is 19.2. The molecule has 2 aromatic rings. The van der Waals surface area contributed by atoms with E-state index >= 15 is 0 Å². The summed E-state index contributed by atoms with van der Waals surface area (Å²) in [5, 5.41) is 5.89. The number of hydrogen-bond acceptors (Lipinski definition) is 4. The molecule has 1 amide bonds. The van der Waals surface area contributed by atoms with Gasteiger partial charge in [-0.05, 0) is 61.9 Å².